The van der Waals surface area contributed by atoms with Gasteiger partial charge in [-0.25, -0.2) is 4.79 Å². The zero-order chi connectivity index (χ0) is 11.4. The van der Waals surface area contributed by atoms with Gasteiger partial charge in [0.25, 0.3) is 0 Å². The Labute approximate surface area is 92.7 Å². The molecule has 1 aromatic rings. The Morgan fingerprint density at radius 1 is 1.40 bits per heavy atom. The second kappa shape index (κ2) is 4.94. The van der Waals surface area contributed by atoms with E-state index in [1.165, 1.54) is 6.07 Å². The first-order valence-electron chi connectivity index (χ1n) is 4.50. The molecule has 3 nitrogen and oxygen atoms in total. The van der Waals surface area contributed by atoms with Crippen LogP contribution >= 0.6 is 11.6 Å². The number of halogens is 1. The Bertz CT molecular complexity index is 399. The monoisotopic (exact) mass is 226 g/mol. The molecule has 0 unspecified atom stereocenters. The number of carbonyl (C=O) groups is 2. The predicted octanol–water partition coefficient (Wildman–Crippen LogP) is 2.50. The molecule has 80 valence electrons. The molecule has 0 atom stereocenters. The van der Waals surface area contributed by atoms with E-state index in [-0.39, 0.29) is 29.2 Å². The lowest BCUT2D eigenvalue weighted by atomic mass is 9.98. The van der Waals surface area contributed by atoms with Crippen LogP contribution in [0.3, 0.4) is 0 Å². The lowest BCUT2D eigenvalue weighted by Gasteiger charge is -2.06. The molecular weight excluding hydrogens is 216 g/mol. The topological polar surface area (TPSA) is 54.4 Å². The van der Waals surface area contributed by atoms with Crippen molar-refractivity contribution >= 4 is 23.4 Å². The number of carboxylic acids is 1. The molecule has 0 bridgehead atoms. The first kappa shape index (κ1) is 11.7. The summed E-state index contributed by atoms with van der Waals surface area (Å²) in [5.41, 5.74) is 0.902. The molecule has 0 aromatic heterocycles. The van der Waals surface area contributed by atoms with E-state index in [9.17, 15) is 9.59 Å². The highest BCUT2D eigenvalue weighted by atomic mass is 35.5. The summed E-state index contributed by atoms with van der Waals surface area (Å²) in [5, 5.41) is 8.98. The maximum Gasteiger partial charge on any atom is 0.336 e. The number of hydrogen-bond acceptors (Lipinski definition) is 2. The number of Topliss-reactive ketones (excluding diaryl/α,β-unsaturated/α-hetero) is 1. The first-order chi connectivity index (χ1) is 7.07. The lowest BCUT2D eigenvalue weighted by molar-refractivity contribution is 0.0691. The molecule has 0 saturated carbocycles. The van der Waals surface area contributed by atoms with Gasteiger partial charge >= 0.3 is 5.97 Å². The van der Waals surface area contributed by atoms with Crippen LogP contribution in [0.4, 0.5) is 0 Å². The van der Waals surface area contributed by atoms with Crippen molar-refractivity contribution in [3.8, 4) is 0 Å². The van der Waals surface area contributed by atoms with Gasteiger partial charge in [-0.15, -0.1) is 11.6 Å². The summed E-state index contributed by atoms with van der Waals surface area (Å²) in [6, 6.07) is 4.86. The third-order valence-electron chi connectivity index (χ3n) is 2.11. The number of carboxylic acid groups (broad SMARTS) is 1. The minimum atomic E-state index is -1.08. The third kappa shape index (κ3) is 2.57. The molecule has 1 rings (SSSR count). The lowest BCUT2D eigenvalue weighted by Crippen LogP contribution is -2.10. The summed E-state index contributed by atoms with van der Waals surface area (Å²) in [7, 11) is 0. The Morgan fingerprint density at radius 2 is 2.07 bits per heavy atom. The maximum absolute atomic E-state index is 11.6. The minimum Gasteiger partial charge on any atom is -0.478 e. The van der Waals surface area contributed by atoms with Crippen molar-refractivity contribution in [1.82, 2.24) is 0 Å². The summed E-state index contributed by atoms with van der Waals surface area (Å²) >= 11 is 5.45. The van der Waals surface area contributed by atoms with Crippen LogP contribution in [0.15, 0.2) is 18.2 Å². The first-order valence-corrected chi connectivity index (χ1v) is 5.03. The van der Waals surface area contributed by atoms with Crippen molar-refractivity contribution in [3.63, 3.8) is 0 Å². The predicted molar refractivity (Wildman–Crippen MR) is 57.8 cm³/mol. The molecule has 1 aromatic carbocycles. The highest BCUT2D eigenvalue weighted by Gasteiger charge is 2.17. The van der Waals surface area contributed by atoms with E-state index in [0.29, 0.717) is 5.56 Å². The second-order valence-electron chi connectivity index (χ2n) is 3.16. The quantitative estimate of drug-likeness (QED) is 0.634. The van der Waals surface area contributed by atoms with Gasteiger partial charge in [-0.05, 0) is 12.5 Å². The zero-order valence-corrected chi connectivity index (χ0v) is 9.04. The van der Waals surface area contributed by atoms with Gasteiger partial charge in [-0.3, -0.25) is 4.79 Å². The maximum atomic E-state index is 11.6. The molecule has 0 spiro atoms. The Balaban J connectivity index is 3.23. The van der Waals surface area contributed by atoms with E-state index in [2.05, 4.69) is 0 Å². The van der Waals surface area contributed by atoms with Crippen LogP contribution in [-0.2, 0) is 0 Å². The van der Waals surface area contributed by atoms with Crippen molar-refractivity contribution in [1.29, 1.82) is 0 Å². The summed E-state index contributed by atoms with van der Waals surface area (Å²) in [6.07, 6.45) is 0.158. The number of alkyl halides is 1. The zero-order valence-electron chi connectivity index (χ0n) is 8.29. The summed E-state index contributed by atoms with van der Waals surface area (Å²) in [5.74, 6) is -1.11. The molecule has 0 aliphatic rings. The fourth-order valence-electron chi connectivity index (χ4n) is 1.40. The molecule has 0 saturated heterocycles. The molecule has 0 radical (unpaired) electrons. The number of aryl methyl sites for hydroxylation is 1. The van der Waals surface area contributed by atoms with Crippen LogP contribution in [0, 0.1) is 6.92 Å². The number of carbonyl (C=O) groups excluding carboxylic acids is 1. The Morgan fingerprint density at radius 3 is 2.60 bits per heavy atom. The summed E-state index contributed by atoms with van der Waals surface area (Å²) in [6.45, 7) is 1.67. The van der Waals surface area contributed by atoms with Crippen molar-refractivity contribution in [2.24, 2.45) is 0 Å². The van der Waals surface area contributed by atoms with Crippen LogP contribution < -0.4 is 0 Å². The molecule has 0 aliphatic carbocycles. The van der Waals surface area contributed by atoms with E-state index < -0.39 is 5.97 Å². The number of hydrogen-bond donors (Lipinski definition) is 1. The van der Waals surface area contributed by atoms with E-state index in [1.807, 2.05) is 0 Å². The van der Waals surface area contributed by atoms with Gasteiger partial charge in [-0.1, -0.05) is 18.2 Å². The van der Waals surface area contributed by atoms with Crippen LogP contribution in [0.1, 0.15) is 32.7 Å². The van der Waals surface area contributed by atoms with Crippen molar-refractivity contribution in [2.45, 2.75) is 13.3 Å². The SMILES string of the molecule is Cc1cccc(C(=O)CCCl)c1C(=O)O. The third-order valence-corrected chi connectivity index (χ3v) is 2.30. The molecule has 0 aliphatic heterocycles. The molecule has 1 N–H and O–H groups in total. The van der Waals surface area contributed by atoms with E-state index in [1.54, 1.807) is 19.1 Å². The normalized spacial score (nSPS) is 10.0. The number of ketones is 1. The smallest absolute Gasteiger partial charge is 0.336 e. The van der Waals surface area contributed by atoms with Gasteiger partial charge in [0.05, 0.1) is 5.56 Å². The minimum absolute atomic E-state index is 0.0765. The van der Waals surface area contributed by atoms with Gasteiger partial charge in [0.2, 0.25) is 0 Å². The molecule has 0 heterocycles. The highest BCUT2D eigenvalue weighted by molar-refractivity contribution is 6.20. The Hall–Kier alpha value is -1.35. The van der Waals surface area contributed by atoms with Crippen LogP contribution in [-0.4, -0.2) is 22.7 Å². The summed E-state index contributed by atoms with van der Waals surface area (Å²) < 4.78 is 0. The molecule has 15 heavy (non-hydrogen) atoms. The second-order valence-corrected chi connectivity index (χ2v) is 3.54. The van der Waals surface area contributed by atoms with Gasteiger partial charge in [0, 0.05) is 17.9 Å². The molecule has 0 fully saturated rings. The van der Waals surface area contributed by atoms with E-state index in [4.69, 9.17) is 16.7 Å². The number of rotatable bonds is 4. The van der Waals surface area contributed by atoms with Gasteiger partial charge in [0.15, 0.2) is 5.78 Å². The molecular formula is C11H11ClO3. The average Bonchev–Trinajstić information content (AvgIpc) is 2.17. The fraction of sp³-hybridized carbons (Fsp3) is 0.273. The van der Waals surface area contributed by atoms with Crippen LogP contribution in [0.25, 0.3) is 0 Å². The number of aromatic carboxylic acids is 1. The highest BCUT2D eigenvalue weighted by Crippen LogP contribution is 2.16. The van der Waals surface area contributed by atoms with Gasteiger partial charge in [-0.2, -0.15) is 0 Å². The average molecular weight is 227 g/mol. The molecule has 0 amide bonds. The van der Waals surface area contributed by atoms with E-state index in [0.717, 1.165) is 0 Å². The van der Waals surface area contributed by atoms with Crippen LogP contribution in [0.5, 0.6) is 0 Å². The number of benzene rings is 1. The van der Waals surface area contributed by atoms with Crippen molar-refractivity contribution < 1.29 is 14.7 Å². The molecule has 4 heteroatoms. The van der Waals surface area contributed by atoms with Gasteiger partial charge in [0.1, 0.15) is 0 Å². The van der Waals surface area contributed by atoms with Crippen molar-refractivity contribution in [2.75, 3.05) is 5.88 Å². The van der Waals surface area contributed by atoms with Crippen molar-refractivity contribution in [3.05, 3.63) is 34.9 Å². The summed E-state index contributed by atoms with van der Waals surface area (Å²) in [4.78, 5) is 22.5. The Kier molecular flexibility index (Phi) is 3.86. The van der Waals surface area contributed by atoms with Crippen LogP contribution in [0.2, 0.25) is 0 Å². The largest absolute Gasteiger partial charge is 0.478 e. The standard InChI is InChI=1S/C11H11ClO3/c1-7-3-2-4-8(9(13)5-6-12)10(7)11(14)15/h2-4H,5-6H2,1H3,(H,14,15). The fourth-order valence-corrected chi connectivity index (χ4v) is 1.58. The van der Waals surface area contributed by atoms with E-state index >= 15 is 0 Å². The van der Waals surface area contributed by atoms with Gasteiger partial charge < -0.3 is 5.11 Å².